The van der Waals surface area contributed by atoms with Crippen molar-refractivity contribution in [3.63, 3.8) is 0 Å². The monoisotopic (exact) mass is 413 g/mol. The minimum atomic E-state index is 0.510. The number of thiocarbonyl (C=S) groups is 1. The lowest BCUT2D eigenvalue weighted by Gasteiger charge is -2.38. The van der Waals surface area contributed by atoms with Crippen LogP contribution < -0.4 is 10.2 Å². The highest BCUT2D eigenvalue weighted by molar-refractivity contribution is 7.80. The van der Waals surface area contributed by atoms with Gasteiger partial charge in [-0.1, -0.05) is 40.9 Å². The fourth-order valence-corrected chi connectivity index (χ4v) is 3.61. The molecule has 1 heterocycles. The molecule has 0 saturated carbocycles. The Morgan fingerprint density at radius 2 is 1.68 bits per heavy atom. The van der Waals surface area contributed by atoms with Crippen molar-refractivity contribution in [3.05, 3.63) is 57.0 Å². The van der Waals surface area contributed by atoms with Crippen molar-refractivity contribution in [2.75, 3.05) is 36.4 Å². The molecule has 7 heteroatoms. The minimum Gasteiger partial charge on any atom is -0.368 e. The molecule has 132 valence electrons. The van der Waals surface area contributed by atoms with Gasteiger partial charge in [-0.15, -0.1) is 0 Å². The molecule has 1 N–H and O–H groups in total. The van der Waals surface area contributed by atoms with Crippen LogP contribution in [0, 0.1) is 6.92 Å². The fraction of sp³-hybridized carbons (Fsp3) is 0.278. The molecule has 0 spiro atoms. The fourth-order valence-electron chi connectivity index (χ4n) is 2.85. The molecule has 1 aliphatic heterocycles. The van der Waals surface area contributed by atoms with Crippen LogP contribution in [0.2, 0.25) is 15.1 Å². The van der Waals surface area contributed by atoms with Gasteiger partial charge in [-0.2, -0.15) is 0 Å². The highest BCUT2D eigenvalue weighted by atomic mass is 35.5. The number of nitrogens with zero attached hydrogens (tertiary/aromatic N) is 2. The number of rotatable bonds is 2. The maximum atomic E-state index is 6.14. The zero-order valence-corrected chi connectivity index (χ0v) is 16.8. The lowest BCUT2D eigenvalue weighted by atomic mass is 10.1. The molecule has 0 bridgehead atoms. The van der Waals surface area contributed by atoms with Crippen molar-refractivity contribution in [1.29, 1.82) is 0 Å². The molecule has 0 amide bonds. The summed E-state index contributed by atoms with van der Waals surface area (Å²) in [5, 5.41) is 5.73. The predicted molar refractivity (Wildman–Crippen MR) is 113 cm³/mol. The predicted octanol–water partition coefficient (Wildman–Crippen LogP) is 5.47. The Hall–Kier alpha value is -1.20. The molecule has 0 aromatic heterocycles. The first-order chi connectivity index (χ1) is 11.9. The summed E-state index contributed by atoms with van der Waals surface area (Å²) in [4.78, 5) is 4.51. The number of aryl methyl sites for hydroxylation is 1. The molecule has 0 aliphatic carbocycles. The van der Waals surface area contributed by atoms with Gasteiger partial charge in [0, 0.05) is 42.6 Å². The van der Waals surface area contributed by atoms with E-state index in [0.29, 0.717) is 15.2 Å². The third-order valence-corrected chi connectivity index (χ3v) is 5.58. The van der Waals surface area contributed by atoms with E-state index in [1.54, 1.807) is 12.1 Å². The third kappa shape index (κ3) is 4.50. The molecule has 2 aromatic carbocycles. The maximum absolute atomic E-state index is 6.14. The van der Waals surface area contributed by atoms with Crippen LogP contribution in [0.25, 0.3) is 0 Å². The Bertz CT molecular complexity index is 789. The number of piperazine rings is 1. The summed E-state index contributed by atoms with van der Waals surface area (Å²) in [6.07, 6.45) is 0. The van der Waals surface area contributed by atoms with Gasteiger partial charge < -0.3 is 15.1 Å². The second-order valence-electron chi connectivity index (χ2n) is 5.96. The Kier molecular flexibility index (Phi) is 5.95. The Balaban J connectivity index is 1.60. The number of nitrogens with one attached hydrogen (secondary N) is 1. The normalized spacial score (nSPS) is 14.6. The smallest absolute Gasteiger partial charge is 0.173 e. The summed E-state index contributed by atoms with van der Waals surface area (Å²) in [7, 11) is 0. The first-order valence-corrected chi connectivity index (χ1v) is 9.50. The maximum Gasteiger partial charge on any atom is 0.173 e. The van der Waals surface area contributed by atoms with E-state index in [1.165, 1.54) is 11.3 Å². The molecular formula is C18H18Cl3N3S. The van der Waals surface area contributed by atoms with Gasteiger partial charge in [0.15, 0.2) is 5.11 Å². The van der Waals surface area contributed by atoms with E-state index in [-0.39, 0.29) is 0 Å². The third-order valence-electron chi connectivity index (χ3n) is 4.25. The van der Waals surface area contributed by atoms with E-state index in [2.05, 4.69) is 28.1 Å². The molecule has 0 atom stereocenters. The first-order valence-electron chi connectivity index (χ1n) is 7.96. The number of halogens is 3. The largest absolute Gasteiger partial charge is 0.368 e. The van der Waals surface area contributed by atoms with Gasteiger partial charge in [0.25, 0.3) is 0 Å². The van der Waals surface area contributed by atoms with Gasteiger partial charge in [-0.3, -0.25) is 0 Å². The second-order valence-corrected chi connectivity index (χ2v) is 7.60. The van der Waals surface area contributed by atoms with Crippen LogP contribution in [-0.2, 0) is 0 Å². The van der Waals surface area contributed by atoms with Crippen LogP contribution in [0.3, 0.4) is 0 Å². The zero-order chi connectivity index (χ0) is 18.0. The van der Waals surface area contributed by atoms with Crippen LogP contribution in [0.5, 0.6) is 0 Å². The number of hydrogen-bond donors (Lipinski definition) is 1. The number of hydrogen-bond acceptors (Lipinski definition) is 2. The lowest BCUT2D eigenvalue weighted by Crippen LogP contribution is -2.50. The lowest BCUT2D eigenvalue weighted by molar-refractivity contribution is 0.390. The average molecular weight is 415 g/mol. The summed E-state index contributed by atoms with van der Waals surface area (Å²) in [5.74, 6) is 0. The quantitative estimate of drug-likeness (QED) is 0.656. The van der Waals surface area contributed by atoms with Gasteiger partial charge in [0.1, 0.15) is 0 Å². The number of benzene rings is 2. The molecule has 1 saturated heterocycles. The van der Waals surface area contributed by atoms with Crippen molar-refractivity contribution < 1.29 is 0 Å². The highest BCUT2D eigenvalue weighted by Crippen LogP contribution is 2.27. The highest BCUT2D eigenvalue weighted by Gasteiger charge is 2.20. The molecule has 1 aliphatic rings. The van der Waals surface area contributed by atoms with Crippen molar-refractivity contribution in [3.8, 4) is 0 Å². The van der Waals surface area contributed by atoms with E-state index in [0.717, 1.165) is 36.9 Å². The van der Waals surface area contributed by atoms with Gasteiger partial charge in [-0.25, -0.2) is 0 Å². The molecule has 0 radical (unpaired) electrons. The van der Waals surface area contributed by atoms with E-state index >= 15 is 0 Å². The van der Waals surface area contributed by atoms with Crippen molar-refractivity contribution >= 4 is 63.5 Å². The molecular weight excluding hydrogens is 397 g/mol. The van der Waals surface area contributed by atoms with Crippen LogP contribution in [0.1, 0.15) is 5.56 Å². The van der Waals surface area contributed by atoms with Crippen LogP contribution in [0.4, 0.5) is 11.4 Å². The summed E-state index contributed by atoms with van der Waals surface area (Å²) in [5.41, 5.74) is 3.26. The standard InChI is InChI=1S/C18H18Cl3N3S/c1-12-2-3-13(19)10-17(12)23-6-8-24(9-7-23)18(25)22-14-4-5-15(20)16(21)11-14/h2-5,10-11H,6-9H2,1H3,(H,22,25). The van der Waals surface area contributed by atoms with E-state index in [4.69, 9.17) is 47.0 Å². The summed E-state index contributed by atoms with van der Waals surface area (Å²) in [6.45, 7) is 5.58. The SMILES string of the molecule is Cc1ccc(Cl)cc1N1CCN(C(=S)Nc2ccc(Cl)c(Cl)c2)CC1. The van der Waals surface area contributed by atoms with Crippen LogP contribution >= 0.6 is 47.0 Å². The van der Waals surface area contributed by atoms with Crippen LogP contribution in [-0.4, -0.2) is 36.2 Å². The second kappa shape index (κ2) is 8.00. The van der Waals surface area contributed by atoms with Crippen molar-refractivity contribution in [1.82, 2.24) is 4.90 Å². The van der Waals surface area contributed by atoms with Crippen molar-refractivity contribution in [2.45, 2.75) is 6.92 Å². The van der Waals surface area contributed by atoms with Gasteiger partial charge in [-0.05, 0) is 55.0 Å². The topological polar surface area (TPSA) is 18.5 Å². The molecule has 3 nitrogen and oxygen atoms in total. The summed E-state index contributed by atoms with van der Waals surface area (Å²) >= 11 is 23.7. The molecule has 0 unspecified atom stereocenters. The average Bonchev–Trinajstić information content (AvgIpc) is 2.60. The first kappa shape index (κ1) is 18.6. The summed E-state index contributed by atoms with van der Waals surface area (Å²) < 4.78 is 0. The summed E-state index contributed by atoms with van der Waals surface area (Å²) in [6, 6.07) is 11.4. The Morgan fingerprint density at radius 1 is 0.960 bits per heavy atom. The van der Waals surface area contributed by atoms with Crippen molar-refractivity contribution in [2.24, 2.45) is 0 Å². The Morgan fingerprint density at radius 3 is 2.36 bits per heavy atom. The van der Waals surface area contributed by atoms with Gasteiger partial charge >= 0.3 is 0 Å². The molecule has 25 heavy (non-hydrogen) atoms. The van der Waals surface area contributed by atoms with Gasteiger partial charge in [0.05, 0.1) is 10.0 Å². The molecule has 3 rings (SSSR count). The minimum absolute atomic E-state index is 0.510. The number of anilines is 2. The van der Waals surface area contributed by atoms with E-state index in [9.17, 15) is 0 Å². The van der Waals surface area contributed by atoms with Gasteiger partial charge in [0.2, 0.25) is 0 Å². The molecule has 2 aromatic rings. The van der Waals surface area contributed by atoms with E-state index in [1.807, 2.05) is 18.2 Å². The van der Waals surface area contributed by atoms with Crippen LogP contribution in [0.15, 0.2) is 36.4 Å². The molecule has 1 fully saturated rings. The zero-order valence-electron chi connectivity index (χ0n) is 13.7. The van der Waals surface area contributed by atoms with E-state index < -0.39 is 0 Å². The Labute approximate surface area is 168 Å².